The van der Waals surface area contributed by atoms with Crippen molar-refractivity contribution < 1.29 is 14.3 Å². The first-order valence-corrected chi connectivity index (χ1v) is 5.61. The predicted molar refractivity (Wildman–Crippen MR) is 60.2 cm³/mol. The standard InChI is InChI=1S/C9H13N3O3Se/c1-5(16)6-4-7(14-2)11-8(10-6)12-9(13)15-3/h4-5,16H,1-3H3,(H,10,11,12,13). The monoisotopic (exact) mass is 291 g/mol. The molecule has 0 radical (unpaired) electrons. The normalized spacial score (nSPS) is 11.8. The fraction of sp³-hybridized carbons (Fsp3) is 0.444. The minimum absolute atomic E-state index is 0.155. The summed E-state index contributed by atoms with van der Waals surface area (Å²) in [5.41, 5.74) is 0.762. The van der Waals surface area contributed by atoms with Crippen LogP contribution in [-0.4, -0.2) is 46.3 Å². The van der Waals surface area contributed by atoms with E-state index in [9.17, 15) is 4.79 Å². The second-order valence-electron chi connectivity index (χ2n) is 2.95. The summed E-state index contributed by atoms with van der Waals surface area (Å²) in [6.07, 6.45) is -0.613. The van der Waals surface area contributed by atoms with Crippen LogP contribution in [0.1, 0.15) is 17.4 Å². The SMILES string of the molecule is COC(=O)Nc1nc(OC)cc(C(C)[SeH])n1. The number of nitrogens with zero attached hydrogens (tertiary/aromatic N) is 2. The number of carbonyl (C=O) groups is 1. The Balaban J connectivity index is 2.99. The average Bonchev–Trinajstić information content (AvgIpc) is 2.28. The van der Waals surface area contributed by atoms with Crippen molar-refractivity contribution in [3.8, 4) is 5.88 Å². The number of ether oxygens (including phenoxy) is 2. The minimum atomic E-state index is -0.613. The van der Waals surface area contributed by atoms with E-state index in [1.165, 1.54) is 14.2 Å². The molecule has 0 fully saturated rings. The summed E-state index contributed by atoms with van der Waals surface area (Å²) >= 11 is 2.45. The van der Waals surface area contributed by atoms with Crippen molar-refractivity contribution in [1.82, 2.24) is 9.97 Å². The van der Waals surface area contributed by atoms with Crippen molar-refractivity contribution in [1.29, 1.82) is 0 Å². The van der Waals surface area contributed by atoms with E-state index in [1.807, 2.05) is 6.92 Å². The van der Waals surface area contributed by atoms with Gasteiger partial charge in [0.1, 0.15) is 0 Å². The maximum absolute atomic E-state index is 11.0. The van der Waals surface area contributed by atoms with Gasteiger partial charge in [0.05, 0.1) is 0 Å². The van der Waals surface area contributed by atoms with E-state index in [4.69, 9.17) is 4.74 Å². The summed E-state index contributed by atoms with van der Waals surface area (Å²) < 4.78 is 9.46. The van der Waals surface area contributed by atoms with Gasteiger partial charge in [0.25, 0.3) is 0 Å². The van der Waals surface area contributed by atoms with Crippen LogP contribution in [0.25, 0.3) is 0 Å². The van der Waals surface area contributed by atoms with E-state index in [-0.39, 0.29) is 10.8 Å². The van der Waals surface area contributed by atoms with Crippen LogP contribution in [0.2, 0.25) is 0 Å². The van der Waals surface area contributed by atoms with E-state index >= 15 is 0 Å². The van der Waals surface area contributed by atoms with E-state index in [2.05, 4.69) is 36.0 Å². The Morgan fingerprint density at radius 1 is 1.50 bits per heavy atom. The molecular formula is C9H13N3O3Se. The number of carbonyl (C=O) groups excluding carboxylic acids is 1. The van der Waals surface area contributed by atoms with Gasteiger partial charge in [-0.1, -0.05) is 0 Å². The van der Waals surface area contributed by atoms with Gasteiger partial charge >= 0.3 is 101 Å². The Bertz CT molecular complexity index is 384. The van der Waals surface area contributed by atoms with Crippen molar-refractivity contribution in [2.45, 2.75) is 11.7 Å². The summed E-state index contributed by atoms with van der Waals surface area (Å²) in [7, 11) is 2.78. The molecule has 1 heterocycles. The van der Waals surface area contributed by atoms with Crippen LogP contribution in [-0.2, 0) is 4.74 Å². The molecule has 0 bridgehead atoms. The van der Waals surface area contributed by atoms with E-state index < -0.39 is 6.09 Å². The number of amides is 1. The van der Waals surface area contributed by atoms with Gasteiger partial charge in [-0.05, 0) is 0 Å². The number of aromatic nitrogens is 2. The third-order valence-corrected chi connectivity index (χ3v) is 2.31. The van der Waals surface area contributed by atoms with Crippen molar-refractivity contribution in [2.75, 3.05) is 19.5 Å². The second kappa shape index (κ2) is 5.67. The Hall–Kier alpha value is -1.33. The first-order valence-electron chi connectivity index (χ1n) is 4.52. The zero-order valence-corrected chi connectivity index (χ0v) is 11.1. The van der Waals surface area contributed by atoms with Gasteiger partial charge in [-0.2, -0.15) is 0 Å². The van der Waals surface area contributed by atoms with Crippen molar-refractivity contribution >= 4 is 28.1 Å². The van der Waals surface area contributed by atoms with Gasteiger partial charge < -0.3 is 0 Å². The molecular weight excluding hydrogens is 277 g/mol. The van der Waals surface area contributed by atoms with Crippen LogP contribution in [0.15, 0.2) is 6.07 Å². The van der Waals surface area contributed by atoms with Gasteiger partial charge in [-0.15, -0.1) is 0 Å². The number of hydrogen-bond acceptors (Lipinski definition) is 5. The molecule has 1 atom stereocenters. The van der Waals surface area contributed by atoms with E-state index in [1.54, 1.807) is 6.07 Å². The first-order chi connectivity index (χ1) is 7.56. The Kier molecular flexibility index (Phi) is 4.51. The number of hydrogen-bond donors (Lipinski definition) is 1. The number of methoxy groups -OCH3 is 2. The molecule has 0 saturated carbocycles. The molecule has 88 valence electrons. The van der Waals surface area contributed by atoms with Crippen LogP contribution in [0.5, 0.6) is 5.88 Å². The summed E-state index contributed by atoms with van der Waals surface area (Å²) in [5.74, 6) is 0.563. The molecule has 1 aromatic heterocycles. The molecule has 0 aliphatic carbocycles. The fourth-order valence-corrected chi connectivity index (χ4v) is 1.24. The summed E-state index contributed by atoms with van der Waals surface area (Å²) in [6, 6.07) is 1.71. The quantitative estimate of drug-likeness (QED) is 0.826. The van der Waals surface area contributed by atoms with E-state index in [0.717, 1.165) is 5.69 Å². The summed E-state index contributed by atoms with van der Waals surface area (Å²) in [5, 5.41) is 2.39. The molecule has 6 nitrogen and oxygen atoms in total. The van der Waals surface area contributed by atoms with Crippen LogP contribution >= 0.6 is 0 Å². The molecule has 0 aromatic carbocycles. The second-order valence-corrected chi connectivity index (χ2v) is 4.58. The molecule has 0 aliphatic heterocycles. The maximum atomic E-state index is 11.0. The summed E-state index contributed by atoms with van der Waals surface area (Å²) in [4.78, 5) is 19.3. The van der Waals surface area contributed by atoms with Gasteiger partial charge in [0.2, 0.25) is 0 Å². The molecule has 1 amide bonds. The molecule has 0 spiro atoms. The number of nitrogens with one attached hydrogen (secondary N) is 1. The molecule has 0 saturated heterocycles. The van der Waals surface area contributed by atoms with Crippen molar-refractivity contribution in [3.63, 3.8) is 0 Å². The third-order valence-electron chi connectivity index (χ3n) is 1.76. The zero-order valence-electron chi connectivity index (χ0n) is 9.22. The zero-order chi connectivity index (χ0) is 12.1. The van der Waals surface area contributed by atoms with Crippen molar-refractivity contribution in [3.05, 3.63) is 11.8 Å². The van der Waals surface area contributed by atoms with Crippen LogP contribution in [0.4, 0.5) is 10.7 Å². The Morgan fingerprint density at radius 2 is 2.19 bits per heavy atom. The van der Waals surface area contributed by atoms with Crippen LogP contribution in [0.3, 0.4) is 0 Å². The van der Waals surface area contributed by atoms with Crippen LogP contribution < -0.4 is 10.1 Å². The molecule has 1 N–H and O–H groups in total. The van der Waals surface area contributed by atoms with Gasteiger partial charge in [-0.25, -0.2) is 0 Å². The third kappa shape index (κ3) is 3.36. The van der Waals surface area contributed by atoms with Gasteiger partial charge in [0.15, 0.2) is 0 Å². The Labute approximate surface area is 102 Å². The van der Waals surface area contributed by atoms with Crippen LogP contribution in [0, 0.1) is 0 Å². The Morgan fingerprint density at radius 3 is 2.69 bits per heavy atom. The van der Waals surface area contributed by atoms with E-state index in [0.29, 0.717) is 5.88 Å². The first kappa shape index (κ1) is 12.7. The number of rotatable bonds is 3. The van der Waals surface area contributed by atoms with Gasteiger partial charge in [0, 0.05) is 0 Å². The fourth-order valence-electron chi connectivity index (χ4n) is 0.960. The molecule has 1 unspecified atom stereocenters. The summed E-state index contributed by atoms with van der Waals surface area (Å²) in [6.45, 7) is 1.96. The van der Waals surface area contributed by atoms with Gasteiger partial charge in [-0.3, -0.25) is 0 Å². The molecule has 16 heavy (non-hydrogen) atoms. The average molecular weight is 290 g/mol. The predicted octanol–water partition coefficient (Wildman–Crippen LogP) is 0.625. The topological polar surface area (TPSA) is 73.3 Å². The number of anilines is 1. The molecule has 7 heteroatoms. The van der Waals surface area contributed by atoms with Crippen molar-refractivity contribution in [2.24, 2.45) is 0 Å². The molecule has 1 aromatic rings. The molecule has 1 rings (SSSR count). The molecule has 0 aliphatic rings.